The number of anilines is 1. The molecule has 3 N–H and O–H groups in total. The van der Waals surface area contributed by atoms with E-state index in [9.17, 15) is 4.79 Å². The van der Waals surface area contributed by atoms with Gasteiger partial charge in [-0.15, -0.1) is 0 Å². The molecule has 0 spiro atoms. The molecule has 0 radical (unpaired) electrons. The maximum Gasteiger partial charge on any atom is 0.241 e. The molecule has 1 unspecified atom stereocenters. The van der Waals surface area contributed by atoms with Gasteiger partial charge in [0.05, 0.1) is 12.6 Å². The number of rotatable bonds is 6. The van der Waals surface area contributed by atoms with Crippen molar-refractivity contribution in [2.45, 2.75) is 51.1 Å². The zero-order valence-corrected chi connectivity index (χ0v) is 14.0. The van der Waals surface area contributed by atoms with E-state index in [1.807, 2.05) is 41.2 Å². The number of nitrogens with two attached hydrogens (primary N) is 1. The van der Waals surface area contributed by atoms with Crippen LogP contribution in [0, 0.1) is 5.92 Å². The van der Waals surface area contributed by atoms with Crippen LogP contribution in [0.25, 0.3) is 0 Å². The second-order valence-electron chi connectivity index (χ2n) is 6.74. The Morgan fingerprint density at radius 2 is 2.00 bits per heavy atom. The molecular weight excluding hydrogens is 300 g/mol. The van der Waals surface area contributed by atoms with Gasteiger partial charge in [0.2, 0.25) is 5.91 Å². The second-order valence-corrected chi connectivity index (χ2v) is 6.74. The number of aromatic nitrogens is 2. The molecule has 5 heteroatoms. The van der Waals surface area contributed by atoms with Crippen molar-refractivity contribution >= 4 is 11.6 Å². The molecule has 1 aromatic heterocycles. The topological polar surface area (TPSA) is 72.9 Å². The number of nitrogens with one attached hydrogen (secondary N) is 1. The van der Waals surface area contributed by atoms with Gasteiger partial charge in [-0.05, 0) is 36.1 Å². The molecule has 24 heavy (non-hydrogen) atoms. The summed E-state index contributed by atoms with van der Waals surface area (Å²) in [5.74, 6) is 0.524. The quantitative estimate of drug-likeness (QED) is 0.856. The fourth-order valence-corrected chi connectivity index (χ4v) is 3.40. The predicted octanol–water partition coefficient (Wildman–Crippen LogP) is 3.17. The van der Waals surface area contributed by atoms with Gasteiger partial charge in [0, 0.05) is 18.1 Å². The van der Waals surface area contributed by atoms with E-state index in [4.69, 9.17) is 5.73 Å². The van der Waals surface area contributed by atoms with E-state index >= 15 is 0 Å². The van der Waals surface area contributed by atoms with Crippen molar-refractivity contribution in [3.05, 3.63) is 48.3 Å². The van der Waals surface area contributed by atoms with E-state index in [0.717, 1.165) is 24.2 Å². The van der Waals surface area contributed by atoms with Crippen LogP contribution in [0.2, 0.25) is 0 Å². The highest BCUT2D eigenvalue weighted by Gasteiger charge is 2.21. The van der Waals surface area contributed by atoms with Gasteiger partial charge in [0.15, 0.2) is 0 Å². The number of carbonyl (C=O) groups is 1. The zero-order chi connectivity index (χ0) is 16.8. The van der Waals surface area contributed by atoms with Crippen molar-refractivity contribution in [3.8, 4) is 0 Å². The van der Waals surface area contributed by atoms with Crippen LogP contribution in [0.4, 0.5) is 5.69 Å². The normalized spacial score (nSPS) is 16.7. The van der Waals surface area contributed by atoms with Gasteiger partial charge in [-0.25, -0.2) is 0 Å². The summed E-state index contributed by atoms with van der Waals surface area (Å²) < 4.78 is 1.87. The van der Waals surface area contributed by atoms with Gasteiger partial charge in [-0.2, -0.15) is 5.10 Å². The molecule has 3 rings (SSSR count). The zero-order valence-electron chi connectivity index (χ0n) is 14.0. The van der Waals surface area contributed by atoms with Crippen LogP contribution in [-0.2, 0) is 11.3 Å². The van der Waals surface area contributed by atoms with Crippen LogP contribution in [0.3, 0.4) is 0 Å². The van der Waals surface area contributed by atoms with Crippen molar-refractivity contribution < 1.29 is 4.79 Å². The van der Waals surface area contributed by atoms with Crippen LogP contribution in [0.1, 0.15) is 44.1 Å². The average Bonchev–Trinajstić information content (AvgIpc) is 3.10. The molecule has 0 aliphatic heterocycles. The van der Waals surface area contributed by atoms with Crippen molar-refractivity contribution in [2.24, 2.45) is 11.7 Å². The Morgan fingerprint density at radius 3 is 2.67 bits per heavy atom. The van der Waals surface area contributed by atoms with Crippen LogP contribution in [0.5, 0.6) is 0 Å². The summed E-state index contributed by atoms with van der Waals surface area (Å²) in [5, 5.41) is 7.12. The number of hydrogen-bond acceptors (Lipinski definition) is 3. The minimum Gasteiger partial charge on any atom is -0.325 e. The molecular formula is C19H26N4O. The minimum absolute atomic E-state index is 0.0830. The van der Waals surface area contributed by atoms with Crippen LogP contribution >= 0.6 is 0 Å². The molecule has 1 aliphatic rings. The van der Waals surface area contributed by atoms with E-state index in [0.29, 0.717) is 5.92 Å². The summed E-state index contributed by atoms with van der Waals surface area (Å²) in [5.41, 5.74) is 8.03. The van der Waals surface area contributed by atoms with Crippen LogP contribution in [-0.4, -0.2) is 21.7 Å². The van der Waals surface area contributed by atoms with Gasteiger partial charge >= 0.3 is 0 Å². The number of benzene rings is 1. The third-order valence-electron chi connectivity index (χ3n) is 4.77. The smallest absolute Gasteiger partial charge is 0.241 e. The lowest BCUT2D eigenvalue weighted by molar-refractivity contribution is -0.117. The number of amides is 1. The van der Waals surface area contributed by atoms with E-state index < -0.39 is 6.04 Å². The predicted molar refractivity (Wildman–Crippen MR) is 95.6 cm³/mol. The van der Waals surface area contributed by atoms with Crippen LogP contribution in [0.15, 0.2) is 42.7 Å². The van der Waals surface area contributed by atoms with Gasteiger partial charge < -0.3 is 11.1 Å². The summed E-state index contributed by atoms with van der Waals surface area (Å²) in [6.07, 6.45) is 10.8. The summed E-state index contributed by atoms with van der Waals surface area (Å²) >= 11 is 0. The van der Waals surface area contributed by atoms with Crippen molar-refractivity contribution in [1.82, 2.24) is 9.78 Å². The summed E-state index contributed by atoms with van der Waals surface area (Å²) in [7, 11) is 0. The molecule has 2 aromatic rings. The second kappa shape index (κ2) is 8.11. The largest absolute Gasteiger partial charge is 0.325 e. The molecule has 1 saturated carbocycles. The Kier molecular flexibility index (Phi) is 5.64. The molecule has 1 atom stereocenters. The molecule has 128 valence electrons. The Bertz CT molecular complexity index is 630. The SMILES string of the molecule is NC(CC1CCCCC1)C(=O)Nc1ccc(Cn2cccn2)cc1. The number of hydrogen-bond donors (Lipinski definition) is 2. The Morgan fingerprint density at radius 1 is 1.25 bits per heavy atom. The standard InChI is InChI=1S/C19H26N4O/c20-18(13-15-5-2-1-3-6-15)19(24)22-17-9-7-16(8-10-17)14-23-12-4-11-21-23/h4,7-12,15,18H,1-3,5-6,13-14,20H2,(H,22,24). The van der Waals surface area contributed by atoms with E-state index in [2.05, 4.69) is 10.4 Å². The summed E-state index contributed by atoms with van der Waals surface area (Å²) in [6.45, 7) is 0.725. The van der Waals surface area contributed by atoms with Gasteiger partial charge in [0.25, 0.3) is 0 Å². The van der Waals surface area contributed by atoms with Gasteiger partial charge in [-0.1, -0.05) is 44.2 Å². The van der Waals surface area contributed by atoms with Crippen molar-refractivity contribution in [3.63, 3.8) is 0 Å². The molecule has 1 fully saturated rings. The van der Waals surface area contributed by atoms with Gasteiger partial charge in [-0.3, -0.25) is 9.48 Å². The highest BCUT2D eigenvalue weighted by Crippen LogP contribution is 2.27. The highest BCUT2D eigenvalue weighted by molar-refractivity contribution is 5.94. The molecule has 0 saturated heterocycles. The molecule has 1 amide bonds. The maximum atomic E-state index is 12.3. The number of nitrogens with zero attached hydrogens (tertiary/aromatic N) is 2. The van der Waals surface area contributed by atoms with Crippen molar-refractivity contribution in [2.75, 3.05) is 5.32 Å². The van der Waals surface area contributed by atoms with Crippen LogP contribution < -0.4 is 11.1 Å². The molecule has 1 aromatic carbocycles. The lowest BCUT2D eigenvalue weighted by Crippen LogP contribution is -2.37. The highest BCUT2D eigenvalue weighted by atomic mass is 16.2. The van der Waals surface area contributed by atoms with Crippen molar-refractivity contribution in [1.29, 1.82) is 0 Å². The molecule has 1 aliphatic carbocycles. The average molecular weight is 326 g/mol. The summed E-state index contributed by atoms with van der Waals surface area (Å²) in [6, 6.07) is 9.33. The molecule has 5 nitrogen and oxygen atoms in total. The fraction of sp³-hybridized carbons (Fsp3) is 0.474. The first-order valence-electron chi connectivity index (χ1n) is 8.83. The summed E-state index contributed by atoms with van der Waals surface area (Å²) in [4.78, 5) is 12.3. The Balaban J connectivity index is 1.50. The number of carbonyl (C=O) groups excluding carboxylic acids is 1. The first kappa shape index (κ1) is 16.7. The monoisotopic (exact) mass is 326 g/mol. The lowest BCUT2D eigenvalue weighted by Gasteiger charge is -2.24. The van der Waals surface area contributed by atoms with E-state index in [1.54, 1.807) is 6.20 Å². The Hall–Kier alpha value is -2.14. The third kappa shape index (κ3) is 4.68. The fourth-order valence-electron chi connectivity index (χ4n) is 3.40. The maximum absolute atomic E-state index is 12.3. The third-order valence-corrected chi connectivity index (χ3v) is 4.77. The van der Waals surface area contributed by atoms with E-state index in [-0.39, 0.29) is 5.91 Å². The van der Waals surface area contributed by atoms with E-state index in [1.165, 1.54) is 32.1 Å². The Labute approximate surface area is 143 Å². The molecule has 0 bridgehead atoms. The lowest BCUT2D eigenvalue weighted by atomic mass is 9.85. The minimum atomic E-state index is -0.420. The first-order chi connectivity index (χ1) is 11.7. The molecule has 1 heterocycles. The first-order valence-corrected chi connectivity index (χ1v) is 8.83. The van der Waals surface area contributed by atoms with Gasteiger partial charge in [0.1, 0.15) is 0 Å².